The van der Waals surface area contributed by atoms with Gasteiger partial charge in [0.15, 0.2) is 0 Å². The number of benzene rings is 2. The Balaban J connectivity index is 0.000000706. The standard InChI is InChI=1S/C21H22FN3.C2H7N/c1-16-5-7-18(8-6-16)19-9-10-24(15-19)13-17-12-23-25(14-17)21-4-2-3-20(22)11-21;1-3-2/h2-8,11-12,14,19H,9-10,13,15H2,1H3;3H,1-2H3. The summed E-state index contributed by atoms with van der Waals surface area (Å²) in [5, 5.41) is 7.13. The summed E-state index contributed by atoms with van der Waals surface area (Å²) in [5.74, 6) is 0.369. The van der Waals surface area contributed by atoms with Crippen LogP contribution >= 0.6 is 0 Å². The maximum atomic E-state index is 13.4. The van der Waals surface area contributed by atoms with Gasteiger partial charge < -0.3 is 5.32 Å². The van der Waals surface area contributed by atoms with E-state index in [1.54, 1.807) is 10.7 Å². The van der Waals surface area contributed by atoms with E-state index in [1.165, 1.54) is 29.7 Å². The van der Waals surface area contributed by atoms with Gasteiger partial charge in [0.1, 0.15) is 5.82 Å². The lowest BCUT2D eigenvalue weighted by molar-refractivity contribution is 0.327. The minimum Gasteiger partial charge on any atom is -0.323 e. The zero-order valence-electron chi connectivity index (χ0n) is 16.9. The Morgan fingerprint density at radius 2 is 1.89 bits per heavy atom. The summed E-state index contributed by atoms with van der Waals surface area (Å²) in [4.78, 5) is 2.47. The summed E-state index contributed by atoms with van der Waals surface area (Å²) in [5.41, 5.74) is 4.66. The number of aryl methyl sites for hydroxylation is 1. The Morgan fingerprint density at radius 1 is 1.14 bits per heavy atom. The fraction of sp³-hybridized carbons (Fsp3) is 0.348. The van der Waals surface area contributed by atoms with Gasteiger partial charge in [-0.25, -0.2) is 9.07 Å². The van der Waals surface area contributed by atoms with Crippen molar-refractivity contribution in [3.05, 3.63) is 83.4 Å². The Morgan fingerprint density at radius 3 is 2.61 bits per heavy atom. The van der Waals surface area contributed by atoms with Crippen LogP contribution < -0.4 is 5.32 Å². The van der Waals surface area contributed by atoms with Crippen LogP contribution in [0, 0.1) is 12.7 Å². The van der Waals surface area contributed by atoms with Crippen molar-refractivity contribution < 1.29 is 4.39 Å². The van der Waals surface area contributed by atoms with E-state index >= 15 is 0 Å². The molecular weight excluding hydrogens is 351 g/mol. The minimum atomic E-state index is -0.241. The van der Waals surface area contributed by atoms with Crippen LogP contribution in [0.15, 0.2) is 60.9 Å². The van der Waals surface area contributed by atoms with E-state index in [1.807, 2.05) is 32.6 Å². The van der Waals surface area contributed by atoms with Gasteiger partial charge in [0.05, 0.1) is 11.9 Å². The van der Waals surface area contributed by atoms with Crippen LogP contribution in [0.25, 0.3) is 5.69 Å². The molecule has 1 fully saturated rings. The van der Waals surface area contributed by atoms with Crippen molar-refractivity contribution in [2.24, 2.45) is 0 Å². The average Bonchev–Trinajstić information content (AvgIpc) is 3.33. The molecule has 3 aromatic rings. The number of aromatic nitrogens is 2. The number of nitrogens with zero attached hydrogens (tertiary/aromatic N) is 3. The number of rotatable bonds is 4. The van der Waals surface area contributed by atoms with Crippen LogP contribution in [-0.4, -0.2) is 41.9 Å². The van der Waals surface area contributed by atoms with Crippen molar-refractivity contribution in [1.29, 1.82) is 0 Å². The number of likely N-dealkylation sites (tertiary alicyclic amines) is 1. The minimum absolute atomic E-state index is 0.241. The molecule has 0 amide bonds. The molecule has 28 heavy (non-hydrogen) atoms. The third-order valence-electron chi connectivity index (χ3n) is 4.94. The van der Waals surface area contributed by atoms with Gasteiger partial charge in [-0.15, -0.1) is 0 Å². The quantitative estimate of drug-likeness (QED) is 0.738. The van der Waals surface area contributed by atoms with Crippen molar-refractivity contribution in [2.75, 3.05) is 27.2 Å². The highest BCUT2D eigenvalue weighted by atomic mass is 19.1. The molecule has 0 bridgehead atoms. The molecule has 1 aliphatic rings. The molecule has 1 unspecified atom stereocenters. The molecule has 0 saturated carbocycles. The van der Waals surface area contributed by atoms with Crippen molar-refractivity contribution >= 4 is 0 Å². The largest absolute Gasteiger partial charge is 0.323 e. The maximum absolute atomic E-state index is 13.4. The van der Waals surface area contributed by atoms with E-state index in [-0.39, 0.29) is 5.82 Å². The highest BCUT2D eigenvalue weighted by molar-refractivity contribution is 5.32. The first-order chi connectivity index (χ1) is 13.6. The Hall–Kier alpha value is -2.50. The van der Waals surface area contributed by atoms with Gasteiger partial charge in [-0.2, -0.15) is 5.10 Å². The van der Waals surface area contributed by atoms with Crippen LogP contribution in [0.1, 0.15) is 29.0 Å². The molecule has 1 atom stereocenters. The molecule has 5 heteroatoms. The van der Waals surface area contributed by atoms with Gasteiger partial charge >= 0.3 is 0 Å². The molecule has 4 rings (SSSR count). The molecule has 1 aliphatic heterocycles. The van der Waals surface area contributed by atoms with Crippen LogP contribution in [0.4, 0.5) is 4.39 Å². The van der Waals surface area contributed by atoms with Gasteiger partial charge in [-0.1, -0.05) is 35.9 Å². The summed E-state index contributed by atoms with van der Waals surface area (Å²) in [6.07, 6.45) is 5.07. The van der Waals surface area contributed by atoms with Gasteiger partial charge in [-0.3, -0.25) is 4.90 Å². The molecule has 148 valence electrons. The monoisotopic (exact) mass is 380 g/mol. The summed E-state index contributed by atoms with van der Waals surface area (Å²) in [6, 6.07) is 15.4. The zero-order chi connectivity index (χ0) is 19.9. The first-order valence-electron chi connectivity index (χ1n) is 9.76. The lowest BCUT2D eigenvalue weighted by Crippen LogP contribution is -2.19. The fourth-order valence-corrected chi connectivity index (χ4v) is 3.55. The number of halogens is 1. The van der Waals surface area contributed by atoms with E-state index < -0.39 is 0 Å². The fourth-order valence-electron chi connectivity index (χ4n) is 3.55. The van der Waals surface area contributed by atoms with E-state index in [4.69, 9.17) is 0 Å². The second-order valence-corrected chi connectivity index (χ2v) is 7.40. The highest BCUT2D eigenvalue weighted by Crippen LogP contribution is 2.28. The van der Waals surface area contributed by atoms with Gasteiger partial charge in [0, 0.05) is 24.8 Å². The second-order valence-electron chi connectivity index (χ2n) is 7.40. The Kier molecular flexibility index (Phi) is 6.95. The SMILES string of the molecule is CNC.Cc1ccc(C2CCN(Cc3cnn(-c4cccc(F)c4)c3)C2)cc1. The van der Waals surface area contributed by atoms with E-state index in [2.05, 4.69) is 46.5 Å². The second kappa shape index (κ2) is 9.62. The molecule has 1 aromatic heterocycles. The first-order valence-corrected chi connectivity index (χ1v) is 9.76. The average molecular weight is 381 g/mol. The summed E-state index contributed by atoms with van der Waals surface area (Å²) in [6.45, 7) is 5.19. The normalized spacial score (nSPS) is 16.6. The summed E-state index contributed by atoms with van der Waals surface area (Å²) >= 11 is 0. The Labute approximate surface area is 167 Å². The highest BCUT2D eigenvalue weighted by Gasteiger charge is 2.24. The first kappa shape index (κ1) is 20.2. The van der Waals surface area contributed by atoms with Crippen molar-refractivity contribution in [3.63, 3.8) is 0 Å². The van der Waals surface area contributed by atoms with Crippen LogP contribution in [0.5, 0.6) is 0 Å². The topological polar surface area (TPSA) is 33.1 Å². The maximum Gasteiger partial charge on any atom is 0.125 e. The van der Waals surface area contributed by atoms with Crippen LogP contribution in [0.3, 0.4) is 0 Å². The molecule has 0 radical (unpaired) electrons. The smallest absolute Gasteiger partial charge is 0.125 e. The van der Waals surface area contributed by atoms with Crippen molar-refractivity contribution in [2.45, 2.75) is 25.8 Å². The predicted molar refractivity (Wildman–Crippen MR) is 112 cm³/mol. The van der Waals surface area contributed by atoms with E-state index in [9.17, 15) is 4.39 Å². The van der Waals surface area contributed by atoms with Crippen molar-refractivity contribution in [1.82, 2.24) is 20.0 Å². The third-order valence-corrected chi connectivity index (χ3v) is 4.94. The van der Waals surface area contributed by atoms with Crippen LogP contribution in [0.2, 0.25) is 0 Å². The summed E-state index contributed by atoms with van der Waals surface area (Å²) in [7, 11) is 3.75. The zero-order valence-corrected chi connectivity index (χ0v) is 16.9. The van der Waals surface area contributed by atoms with E-state index in [0.717, 1.165) is 30.9 Å². The van der Waals surface area contributed by atoms with E-state index in [0.29, 0.717) is 5.92 Å². The lowest BCUT2D eigenvalue weighted by atomic mass is 9.98. The van der Waals surface area contributed by atoms with Gasteiger partial charge in [0.25, 0.3) is 0 Å². The Bertz CT molecular complexity index is 872. The molecular formula is C23H29FN4. The number of hydrogen-bond acceptors (Lipinski definition) is 3. The molecule has 2 heterocycles. The summed E-state index contributed by atoms with van der Waals surface area (Å²) < 4.78 is 15.1. The number of nitrogens with one attached hydrogen (secondary N) is 1. The molecule has 4 nitrogen and oxygen atoms in total. The predicted octanol–water partition coefficient (Wildman–Crippen LogP) is 4.14. The lowest BCUT2D eigenvalue weighted by Gasteiger charge is -2.15. The van der Waals surface area contributed by atoms with Crippen molar-refractivity contribution in [3.8, 4) is 5.69 Å². The molecule has 1 N–H and O–H groups in total. The molecule has 1 saturated heterocycles. The third kappa shape index (κ3) is 5.27. The molecule has 2 aromatic carbocycles. The van der Waals surface area contributed by atoms with Gasteiger partial charge in [-0.05, 0) is 63.7 Å². The number of hydrogen-bond donors (Lipinski definition) is 1. The van der Waals surface area contributed by atoms with Gasteiger partial charge in [0.2, 0.25) is 0 Å². The molecule has 0 spiro atoms. The van der Waals surface area contributed by atoms with Crippen LogP contribution in [-0.2, 0) is 6.54 Å². The molecule has 0 aliphatic carbocycles.